The second kappa shape index (κ2) is 1.71. The fourth-order valence-electron chi connectivity index (χ4n) is 1.97. The highest BCUT2D eigenvalue weighted by molar-refractivity contribution is 6.29. The highest BCUT2D eigenvalue weighted by atomic mass is 35.5. The monoisotopic (exact) mass is 154 g/mol. The van der Waals surface area contributed by atoms with E-state index in [1.807, 2.05) is 6.92 Å². The van der Waals surface area contributed by atoms with E-state index in [-0.39, 0.29) is 4.87 Å². The summed E-state index contributed by atoms with van der Waals surface area (Å²) in [6.07, 6.45) is 5.12. The number of hydrogen-bond acceptors (Lipinski definition) is 0. The first-order chi connectivity index (χ1) is 4.72. The van der Waals surface area contributed by atoms with Gasteiger partial charge in [0.25, 0.3) is 0 Å². The summed E-state index contributed by atoms with van der Waals surface area (Å²) in [5.41, 5.74) is 0.470. The summed E-state index contributed by atoms with van der Waals surface area (Å²) in [5, 5.41) is 0. The molecule has 0 aliphatic heterocycles. The van der Waals surface area contributed by atoms with Crippen molar-refractivity contribution in [2.75, 3.05) is 0 Å². The molecular formula is C9H11Cl. The predicted octanol–water partition coefficient (Wildman–Crippen LogP) is 2.56. The van der Waals surface area contributed by atoms with Crippen LogP contribution < -0.4 is 0 Å². The van der Waals surface area contributed by atoms with Crippen LogP contribution in [0.15, 0.2) is 0 Å². The molecule has 0 aromatic rings. The Morgan fingerprint density at radius 1 is 1.40 bits per heavy atom. The van der Waals surface area contributed by atoms with Crippen molar-refractivity contribution < 1.29 is 0 Å². The Morgan fingerprint density at radius 2 is 2.10 bits per heavy atom. The molecule has 1 spiro atoms. The zero-order valence-corrected chi connectivity index (χ0v) is 6.96. The molecule has 2 aliphatic carbocycles. The standard InChI is InChI=1S/C9H11Cl/c1-2-4-9(10)7-8(9)5-3-6-8/h3,5-7H2,1H3. The van der Waals surface area contributed by atoms with E-state index >= 15 is 0 Å². The number of halogens is 1. The highest BCUT2D eigenvalue weighted by Crippen LogP contribution is 2.71. The molecule has 0 aromatic carbocycles. The van der Waals surface area contributed by atoms with E-state index in [0.29, 0.717) is 5.41 Å². The van der Waals surface area contributed by atoms with E-state index in [1.54, 1.807) is 0 Å². The van der Waals surface area contributed by atoms with Gasteiger partial charge in [0.1, 0.15) is 4.87 Å². The lowest BCUT2D eigenvalue weighted by atomic mass is 9.80. The van der Waals surface area contributed by atoms with Crippen molar-refractivity contribution in [1.82, 2.24) is 0 Å². The minimum Gasteiger partial charge on any atom is -0.105 e. The van der Waals surface area contributed by atoms with Crippen LogP contribution >= 0.6 is 11.6 Å². The molecular weight excluding hydrogens is 144 g/mol. The quantitative estimate of drug-likeness (QED) is 0.372. The van der Waals surface area contributed by atoms with Gasteiger partial charge in [0.2, 0.25) is 0 Å². The van der Waals surface area contributed by atoms with Gasteiger partial charge >= 0.3 is 0 Å². The summed E-state index contributed by atoms with van der Waals surface area (Å²) in [5.74, 6) is 6.02. The maximum atomic E-state index is 6.23. The van der Waals surface area contributed by atoms with Crippen LogP contribution in [0.4, 0.5) is 0 Å². The van der Waals surface area contributed by atoms with Crippen molar-refractivity contribution in [3.05, 3.63) is 0 Å². The summed E-state index contributed by atoms with van der Waals surface area (Å²) < 4.78 is 0. The molecule has 0 N–H and O–H groups in total. The maximum absolute atomic E-state index is 6.23. The average molecular weight is 155 g/mol. The molecule has 0 radical (unpaired) electrons. The van der Waals surface area contributed by atoms with Crippen LogP contribution in [-0.2, 0) is 0 Å². The molecule has 0 nitrogen and oxygen atoms in total. The van der Waals surface area contributed by atoms with E-state index in [4.69, 9.17) is 11.6 Å². The molecule has 2 rings (SSSR count). The first kappa shape index (κ1) is 6.55. The topological polar surface area (TPSA) is 0 Å². The predicted molar refractivity (Wildman–Crippen MR) is 42.9 cm³/mol. The van der Waals surface area contributed by atoms with Gasteiger partial charge in [-0.3, -0.25) is 0 Å². The molecule has 1 heteroatoms. The molecule has 0 aromatic heterocycles. The molecule has 54 valence electrons. The Kier molecular flexibility index (Phi) is 1.12. The van der Waals surface area contributed by atoms with E-state index in [1.165, 1.54) is 19.3 Å². The molecule has 0 saturated heterocycles. The Morgan fingerprint density at radius 3 is 2.40 bits per heavy atom. The van der Waals surface area contributed by atoms with Crippen LogP contribution in [0.3, 0.4) is 0 Å². The van der Waals surface area contributed by atoms with Crippen molar-refractivity contribution in [2.24, 2.45) is 5.41 Å². The summed E-state index contributed by atoms with van der Waals surface area (Å²) in [4.78, 5) is -0.0972. The molecule has 10 heavy (non-hydrogen) atoms. The first-order valence-electron chi connectivity index (χ1n) is 3.85. The van der Waals surface area contributed by atoms with E-state index < -0.39 is 0 Å². The molecule has 1 atom stereocenters. The second-order valence-corrected chi connectivity index (χ2v) is 4.13. The van der Waals surface area contributed by atoms with Crippen LogP contribution in [0.5, 0.6) is 0 Å². The van der Waals surface area contributed by atoms with Crippen molar-refractivity contribution in [2.45, 2.75) is 37.5 Å². The Hall–Kier alpha value is -0.150. The van der Waals surface area contributed by atoms with Crippen LogP contribution in [0, 0.1) is 17.3 Å². The van der Waals surface area contributed by atoms with Crippen LogP contribution in [0.2, 0.25) is 0 Å². The average Bonchev–Trinajstić information content (AvgIpc) is 2.36. The maximum Gasteiger partial charge on any atom is 0.111 e. The third-order valence-corrected chi connectivity index (χ3v) is 3.56. The van der Waals surface area contributed by atoms with Gasteiger partial charge in [-0.1, -0.05) is 12.3 Å². The van der Waals surface area contributed by atoms with Gasteiger partial charge in [0.05, 0.1) is 0 Å². The van der Waals surface area contributed by atoms with Crippen molar-refractivity contribution in [3.8, 4) is 11.8 Å². The van der Waals surface area contributed by atoms with Gasteiger partial charge in [-0.25, -0.2) is 0 Å². The molecule has 2 saturated carbocycles. The highest BCUT2D eigenvalue weighted by Gasteiger charge is 2.68. The second-order valence-electron chi connectivity index (χ2n) is 3.49. The fourth-order valence-corrected chi connectivity index (χ4v) is 2.51. The Labute approximate surface area is 66.9 Å². The fraction of sp³-hybridized carbons (Fsp3) is 0.778. The minimum atomic E-state index is -0.0972. The van der Waals surface area contributed by atoms with Gasteiger partial charge < -0.3 is 0 Å². The van der Waals surface area contributed by atoms with E-state index in [0.717, 1.165) is 6.42 Å². The zero-order chi connectivity index (χ0) is 7.24. The SMILES string of the molecule is CC#CC1(Cl)CC12CCC2. The Balaban J connectivity index is 2.14. The van der Waals surface area contributed by atoms with E-state index in [9.17, 15) is 0 Å². The minimum absolute atomic E-state index is 0.0972. The molecule has 0 amide bonds. The van der Waals surface area contributed by atoms with Gasteiger partial charge in [0.15, 0.2) is 0 Å². The molecule has 0 heterocycles. The van der Waals surface area contributed by atoms with Crippen molar-refractivity contribution in [3.63, 3.8) is 0 Å². The van der Waals surface area contributed by atoms with Crippen LogP contribution in [-0.4, -0.2) is 4.87 Å². The summed E-state index contributed by atoms with van der Waals surface area (Å²) in [7, 11) is 0. The first-order valence-corrected chi connectivity index (χ1v) is 4.23. The normalized spacial score (nSPS) is 39.8. The number of hydrogen-bond donors (Lipinski definition) is 0. The molecule has 0 bridgehead atoms. The number of rotatable bonds is 0. The van der Waals surface area contributed by atoms with Gasteiger partial charge in [-0.2, -0.15) is 0 Å². The smallest absolute Gasteiger partial charge is 0.105 e. The molecule has 2 aliphatic rings. The lowest BCUT2D eigenvalue weighted by Crippen LogP contribution is -2.21. The third-order valence-electron chi connectivity index (χ3n) is 2.93. The summed E-state index contributed by atoms with van der Waals surface area (Å²) in [6, 6.07) is 0. The number of alkyl halides is 1. The van der Waals surface area contributed by atoms with Crippen LogP contribution in [0.1, 0.15) is 32.6 Å². The van der Waals surface area contributed by atoms with Gasteiger partial charge in [-0.15, -0.1) is 17.5 Å². The largest absolute Gasteiger partial charge is 0.111 e. The van der Waals surface area contributed by atoms with E-state index in [2.05, 4.69) is 11.8 Å². The van der Waals surface area contributed by atoms with Gasteiger partial charge in [0, 0.05) is 5.41 Å². The summed E-state index contributed by atoms with van der Waals surface area (Å²) >= 11 is 6.23. The Bertz CT molecular complexity index is 217. The third kappa shape index (κ3) is 0.596. The lowest BCUT2D eigenvalue weighted by Gasteiger charge is -2.27. The van der Waals surface area contributed by atoms with Crippen LogP contribution in [0.25, 0.3) is 0 Å². The summed E-state index contributed by atoms with van der Waals surface area (Å²) in [6.45, 7) is 1.87. The van der Waals surface area contributed by atoms with Crippen molar-refractivity contribution >= 4 is 11.6 Å². The van der Waals surface area contributed by atoms with Crippen molar-refractivity contribution in [1.29, 1.82) is 0 Å². The zero-order valence-electron chi connectivity index (χ0n) is 6.21. The van der Waals surface area contributed by atoms with Gasteiger partial charge in [-0.05, 0) is 26.2 Å². The molecule has 1 unspecified atom stereocenters. The molecule has 2 fully saturated rings. The lowest BCUT2D eigenvalue weighted by molar-refractivity contribution is 0.279.